The van der Waals surface area contributed by atoms with Gasteiger partial charge >= 0.3 is 11.9 Å². The number of aliphatic imine (C=N–C) groups is 2. The van der Waals surface area contributed by atoms with Crippen LogP contribution in [0.4, 0.5) is 11.4 Å². The van der Waals surface area contributed by atoms with Crippen LogP contribution in [-0.4, -0.2) is 37.6 Å². The highest BCUT2D eigenvalue weighted by atomic mass is 32.2. The van der Waals surface area contributed by atoms with E-state index in [1.807, 2.05) is 97.1 Å². The highest BCUT2D eigenvalue weighted by molar-refractivity contribution is 7.99. The molecule has 65 heavy (non-hydrogen) atoms. The van der Waals surface area contributed by atoms with Crippen molar-refractivity contribution in [2.75, 3.05) is 13.2 Å². The topological polar surface area (TPSA) is 95.8 Å². The number of unbranched alkanes of at least 4 members (excludes halogenated alkanes) is 10. The van der Waals surface area contributed by atoms with Gasteiger partial charge in [0, 0.05) is 22.2 Å². The number of rotatable bonds is 26. The summed E-state index contributed by atoms with van der Waals surface area (Å²) in [6.45, 7) is 5.93. The smallest absolute Gasteiger partial charge is 0.343 e. The summed E-state index contributed by atoms with van der Waals surface area (Å²) in [6.07, 6.45) is 18.4. The first-order valence-corrected chi connectivity index (χ1v) is 23.8. The zero-order valence-electron chi connectivity index (χ0n) is 37.7. The van der Waals surface area contributed by atoms with E-state index in [1.165, 1.54) is 64.2 Å². The number of ether oxygens (including phenoxy) is 4. The van der Waals surface area contributed by atoms with Crippen LogP contribution in [0.2, 0.25) is 0 Å². The van der Waals surface area contributed by atoms with E-state index in [0.717, 1.165) is 69.8 Å². The van der Waals surface area contributed by atoms with E-state index in [0.29, 0.717) is 22.6 Å². The van der Waals surface area contributed by atoms with Crippen molar-refractivity contribution in [2.24, 2.45) is 9.98 Å². The molecule has 0 bridgehead atoms. The minimum absolute atomic E-state index is 0.442. The molecule has 0 amide bonds. The highest BCUT2D eigenvalue weighted by Crippen LogP contribution is 2.31. The molecule has 0 heterocycles. The quantitative estimate of drug-likeness (QED) is 0.0232. The van der Waals surface area contributed by atoms with E-state index in [-0.39, 0.29) is 0 Å². The molecule has 0 aliphatic heterocycles. The lowest BCUT2D eigenvalue weighted by Crippen LogP contribution is -2.08. The zero-order chi connectivity index (χ0) is 45.3. The van der Waals surface area contributed by atoms with Crippen molar-refractivity contribution in [1.29, 1.82) is 0 Å². The van der Waals surface area contributed by atoms with Gasteiger partial charge in [-0.2, -0.15) is 0 Å². The average Bonchev–Trinajstić information content (AvgIpc) is 3.34. The average molecular weight is 889 g/mol. The van der Waals surface area contributed by atoms with E-state index in [4.69, 9.17) is 18.9 Å². The van der Waals surface area contributed by atoms with Gasteiger partial charge in [-0.1, -0.05) is 114 Å². The molecule has 0 unspecified atom stereocenters. The monoisotopic (exact) mass is 888 g/mol. The molecule has 0 saturated carbocycles. The number of carbonyl (C=O) groups is 2. The van der Waals surface area contributed by atoms with Crippen LogP contribution in [0.15, 0.2) is 165 Å². The summed E-state index contributed by atoms with van der Waals surface area (Å²) in [5.41, 5.74) is 4.26. The predicted octanol–water partition coefficient (Wildman–Crippen LogP) is 15.3. The number of hydrogen-bond acceptors (Lipinski definition) is 9. The van der Waals surface area contributed by atoms with E-state index < -0.39 is 11.9 Å². The number of benzene rings is 6. The van der Waals surface area contributed by atoms with E-state index in [1.54, 1.807) is 72.7 Å². The van der Waals surface area contributed by atoms with Crippen molar-refractivity contribution in [2.45, 2.75) is 101 Å². The van der Waals surface area contributed by atoms with Crippen LogP contribution in [0.5, 0.6) is 23.0 Å². The Bertz CT molecular complexity index is 2210. The first-order valence-electron chi connectivity index (χ1n) is 23.0. The van der Waals surface area contributed by atoms with Gasteiger partial charge in [0.25, 0.3) is 0 Å². The molecule has 6 aromatic carbocycles. The van der Waals surface area contributed by atoms with Gasteiger partial charge in [0.05, 0.1) is 35.7 Å². The fourth-order valence-electron chi connectivity index (χ4n) is 6.73. The lowest BCUT2D eigenvalue weighted by Gasteiger charge is -2.08. The van der Waals surface area contributed by atoms with Gasteiger partial charge in [0.1, 0.15) is 23.0 Å². The standard InChI is InChI=1S/C56H60N2O6S/c1-3-5-7-9-11-13-39-61-49-27-23-47(24-28-49)57-41-43-15-19-45(20-16-43)55(59)63-51-31-35-53(36-32-51)65-54-37-33-52(34-38-54)64-56(60)46-21-17-44(18-22-46)42-58-48-25-29-50(30-26-48)62-40-14-12-10-8-6-4-2/h15-38,41-42H,3-14,39-40H2,1-2H3. The van der Waals surface area contributed by atoms with Gasteiger partial charge in [-0.25, -0.2) is 9.59 Å². The molecular formula is C56H60N2O6S. The van der Waals surface area contributed by atoms with Gasteiger partial charge in [-0.15, -0.1) is 0 Å². The molecule has 0 atom stereocenters. The Morgan fingerprint density at radius 3 is 1.12 bits per heavy atom. The summed E-state index contributed by atoms with van der Waals surface area (Å²) in [5, 5.41) is 0. The molecule has 0 aromatic heterocycles. The first-order chi connectivity index (χ1) is 31.9. The Hall–Kier alpha value is -6.45. The Morgan fingerprint density at radius 1 is 0.415 bits per heavy atom. The van der Waals surface area contributed by atoms with Gasteiger partial charge in [-0.05, 0) is 145 Å². The van der Waals surface area contributed by atoms with Crippen LogP contribution in [0, 0.1) is 0 Å². The molecule has 6 aromatic rings. The molecule has 0 aliphatic rings. The van der Waals surface area contributed by atoms with Gasteiger partial charge in [-0.3, -0.25) is 9.98 Å². The van der Waals surface area contributed by atoms with Crippen molar-refractivity contribution in [3.63, 3.8) is 0 Å². The normalized spacial score (nSPS) is 11.2. The molecule has 336 valence electrons. The van der Waals surface area contributed by atoms with Gasteiger partial charge in [0.2, 0.25) is 0 Å². The van der Waals surface area contributed by atoms with E-state index >= 15 is 0 Å². The number of hydrogen-bond donors (Lipinski definition) is 0. The number of carbonyl (C=O) groups excluding carboxylic acids is 2. The molecule has 0 fully saturated rings. The molecule has 0 spiro atoms. The fourth-order valence-corrected chi connectivity index (χ4v) is 7.55. The third-order valence-electron chi connectivity index (χ3n) is 10.5. The fraction of sp³-hybridized carbons (Fsp3) is 0.286. The van der Waals surface area contributed by atoms with Gasteiger partial charge in [0.15, 0.2) is 0 Å². The third-order valence-corrected chi connectivity index (χ3v) is 11.5. The van der Waals surface area contributed by atoms with Crippen molar-refractivity contribution < 1.29 is 28.5 Å². The minimum atomic E-state index is -0.443. The van der Waals surface area contributed by atoms with Crippen LogP contribution in [0.3, 0.4) is 0 Å². The first kappa shape index (κ1) is 48.0. The second-order valence-electron chi connectivity index (χ2n) is 15.8. The molecule has 0 radical (unpaired) electrons. The molecule has 0 aliphatic carbocycles. The molecule has 0 N–H and O–H groups in total. The second-order valence-corrected chi connectivity index (χ2v) is 17.0. The summed E-state index contributed by atoms with van der Waals surface area (Å²) < 4.78 is 23.0. The Morgan fingerprint density at radius 2 is 0.754 bits per heavy atom. The van der Waals surface area contributed by atoms with Crippen molar-refractivity contribution >= 4 is 47.5 Å². The van der Waals surface area contributed by atoms with Crippen molar-refractivity contribution in [3.05, 3.63) is 168 Å². The van der Waals surface area contributed by atoms with Crippen LogP contribution in [-0.2, 0) is 0 Å². The zero-order valence-corrected chi connectivity index (χ0v) is 38.5. The number of esters is 2. The summed E-state index contributed by atoms with van der Waals surface area (Å²) in [7, 11) is 0. The predicted molar refractivity (Wildman–Crippen MR) is 265 cm³/mol. The lowest BCUT2D eigenvalue weighted by molar-refractivity contribution is 0.0725. The summed E-state index contributed by atoms with van der Waals surface area (Å²) in [6, 6.07) is 44.5. The lowest BCUT2D eigenvalue weighted by atomic mass is 10.1. The SMILES string of the molecule is CCCCCCCCOc1ccc(N=Cc2ccc(C(=O)Oc3ccc(Sc4ccc(OC(=O)c5ccc(C=Nc6ccc(OCCCCCCCC)cc6)cc5)cc4)cc3)cc2)cc1. The number of nitrogens with zero attached hydrogens (tertiary/aromatic N) is 2. The molecule has 6 rings (SSSR count). The summed E-state index contributed by atoms with van der Waals surface area (Å²) in [4.78, 5) is 36.8. The molecule has 8 nitrogen and oxygen atoms in total. The third kappa shape index (κ3) is 17.2. The molecule has 9 heteroatoms. The maximum absolute atomic E-state index is 12.9. The van der Waals surface area contributed by atoms with Crippen molar-refractivity contribution in [3.8, 4) is 23.0 Å². The Balaban J connectivity index is 0.886. The largest absolute Gasteiger partial charge is 0.494 e. The minimum Gasteiger partial charge on any atom is -0.494 e. The molecule has 0 saturated heterocycles. The highest BCUT2D eigenvalue weighted by Gasteiger charge is 2.11. The maximum Gasteiger partial charge on any atom is 0.343 e. The van der Waals surface area contributed by atoms with Crippen LogP contribution in [0.25, 0.3) is 0 Å². The Kier molecular flexibility index (Phi) is 20.0. The summed E-state index contributed by atoms with van der Waals surface area (Å²) >= 11 is 1.54. The van der Waals surface area contributed by atoms with Crippen LogP contribution >= 0.6 is 11.8 Å². The Labute approximate surface area is 389 Å². The van der Waals surface area contributed by atoms with E-state index in [9.17, 15) is 9.59 Å². The maximum atomic E-state index is 12.9. The molecular weight excluding hydrogens is 829 g/mol. The van der Waals surface area contributed by atoms with Crippen LogP contribution < -0.4 is 18.9 Å². The van der Waals surface area contributed by atoms with Crippen molar-refractivity contribution in [1.82, 2.24) is 0 Å². The second kappa shape index (κ2) is 27.0. The van der Waals surface area contributed by atoms with Crippen LogP contribution in [0.1, 0.15) is 123 Å². The van der Waals surface area contributed by atoms with E-state index in [2.05, 4.69) is 23.8 Å². The summed E-state index contributed by atoms with van der Waals surface area (Å²) in [5.74, 6) is 1.71. The van der Waals surface area contributed by atoms with Gasteiger partial charge < -0.3 is 18.9 Å².